The molecule has 0 fully saturated rings. The van der Waals surface area contributed by atoms with Crippen LogP contribution in [-0.2, 0) is 6.42 Å². The normalized spacial score (nSPS) is 12.7. The number of halogens is 1. The molecule has 0 saturated carbocycles. The van der Waals surface area contributed by atoms with Gasteiger partial charge in [0.1, 0.15) is 11.9 Å². The van der Waals surface area contributed by atoms with Crippen molar-refractivity contribution in [3.05, 3.63) is 78.4 Å². The topological polar surface area (TPSA) is 82.8 Å². The number of imidazole rings is 1. The number of benzene rings is 2. The van der Waals surface area contributed by atoms with Gasteiger partial charge in [-0.3, -0.25) is 4.99 Å². The second kappa shape index (κ2) is 8.39. The molecule has 4 aromatic rings. The van der Waals surface area contributed by atoms with Crippen LogP contribution < -0.4 is 5.73 Å². The molecule has 5 nitrogen and oxygen atoms in total. The van der Waals surface area contributed by atoms with Crippen LogP contribution in [0.15, 0.2) is 72.0 Å². The Balaban J connectivity index is 0.00000210. The zero-order chi connectivity index (χ0) is 17.9. The molecule has 0 unspecified atom stereocenters. The average molecular weight is 471 g/mol. The number of aromatic nitrogens is 3. The molecule has 6 heteroatoms. The summed E-state index contributed by atoms with van der Waals surface area (Å²) in [7, 11) is 0. The van der Waals surface area contributed by atoms with Crippen molar-refractivity contribution in [3.63, 3.8) is 0 Å². The van der Waals surface area contributed by atoms with Crippen molar-refractivity contribution in [2.75, 3.05) is 0 Å². The van der Waals surface area contributed by atoms with E-state index >= 15 is 0 Å². The van der Waals surface area contributed by atoms with E-state index in [4.69, 9.17) is 5.73 Å². The van der Waals surface area contributed by atoms with E-state index in [2.05, 4.69) is 44.2 Å². The summed E-state index contributed by atoms with van der Waals surface area (Å²) in [5, 5.41) is 1.21. The zero-order valence-corrected chi connectivity index (χ0v) is 17.3. The number of para-hydroxylation sites is 1. The summed E-state index contributed by atoms with van der Waals surface area (Å²) in [5.41, 5.74) is 10.3. The fourth-order valence-corrected chi connectivity index (χ4v) is 3.23. The summed E-state index contributed by atoms with van der Waals surface area (Å²) in [6.07, 6.45) is 4.62. The Bertz CT molecular complexity index is 1040. The summed E-state index contributed by atoms with van der Waals surface area (Å²) in [4.78, 5) is 15.9. The lowest BCUT2D eigenvalue weighted by atomic mass is 10.0. The first-order valence-electron chi connectivity index (χ1n) is 8.66. The van der Waals surface area contributed by atoms with E-state index in [9.17, 15) is 0 Å². The van der Waals surface area contributed by atoms with Gasteiger partial charge in [-0.25, -0.2) is 4.98 Å². The zero-order valence-electron chi connectivity index (χ0n) is 15.0. The minimum atomic E-state index is -0.156. The summed E-state index contributed by atoms with van der Waals surface area (Å²) >= 11 is 0. The molecule has 2 heterocycles. The number of nitrogens with one attached hydrogen (secondary N) is 2. The predicted molar refractivity (Wildman–Crippen MR) is 121 cm³/mol. The van der Waals surface area contributed by atoms with Gasteiger partial charge in [0.25, 0.3) is 0 Å². The Morgan fingerprint density at radius 3 is 2.63 bits per heavy atom. The lowest BCUT2D eigenvalue weighted by Gasteiger charge is -2.10. The number of rotatable bonds is 5. The molecule has 0 amide bonds. The smallest absolute Gasteiger partial charge is 0.131 e. The fraction of sp³-hybridized carbons (Fsp3) is 0.143. The molecular weight excluding hydrogens is 449 g/mol. The first-order valence-corrected chi connectivity index (χ1v) is 8.66. The van der Waals surface area contributed by atoms with Crippen molar-refractivity contribution in [1.82, 2.24) is 15.0 Å². The van der Waals surface area contributed by atoms with Crippen molar-refractivity contribution in [2.45, 2.75) is 19.4 Å². The lowest BCUT2D eigenvalue weighted by molar-refractivity contribution is 0.682. The van der Waals surface area contributed by atoms with E-state index in [0.29, 0.717) is 5.84 Å². The minimum Gasteiger partial charge on any atom is -0.388 e. The minimum absolute atomic E-state index is 0. The monoisotopic (exact) mass is 471 g/mol. The quantitative estimate of drug-likeness (QED) is 0.221. The van der Waals surface area contributed by atoms with Crippen LogP contribution in [-0.4, -0.2) is 20.8 Å². The van der Waals surface area contributed by atoms with Gasteiger partial charge in [0.2, 0.25) is 0 Å². The highest BCUT2D eigenvalue weighted by atomic mass is 127. The largest absolute Gasteiger partial charge is 0.388 e. The number of hydrogen-bond acceptors (Lipinski definition) is 2. The van der Waals surface area contributed by atoms with Gasteiger partial charge in [0, 0.05) is 23.5 Å². The van der Waals surface area contributed by atoms with Gasteiger partial charge in [-0.15, -0.1) is 24.0 Å². The van der Waals surface area contributed by atoms with Crippen LogP contribution in [0.5, 0.6) is 0 Å². The maximum absolute atomic E-state index is 5.89. The molecule has 0 spiro atoms. The number of H-pyrrole nitrogens is 2. The molecule has 4 rings (SSSR count). The predicted octanol–water partition coefficient (Wildman–Crippen LogP) is 4.84. The molecule has 138 valence electrons. The standard InChI is InChI=1S/C21H21N5.HI/c1-14(22)25-19(11-16-12-23-18-10-6-5-9-17(16)18)21-24-13-20(26-21)15-7-3-2-4-8-15;/h2-10,12-13,19,23H,11H2,1H3,(H2,22,25)(H,24,26);1H/t19-;/m1./s1. The third-order valence-electron chi connectivity index (χ3n) is 4.44. The number of nitrogens with two attached hydrogens (primary N) is 1. The van der Waals surface area contributed by atoms with Gasteiger partial charge in [0.15, 0.2) is 0 Å². The van der Waals surface area contributed by atoms with Crippen molar-refractivity contribution in [3.8, 4) is 11.3 Å². The van der Waals surface area contributed by atoms with E-state index in [1.807, 2.05) is 49.6 Å². The molecule has 0 aliphatic carbocycles. The van der Waals surface area contributed by atoms with E-state index in [0.717, 1.165) is 29.0 Å². The molecule has 0 aliphatic rings. The van der Waals surface area contributed by atoms with E-state index in [-0.39, 0.29) is 30.0 Å². The Hall–Kier alpha value is -2.61. The second-order valence-corrected chi connectivity index (χ2v) is 6.40. The Morgan fingerprint density at radius 2 is 1.85 bits per heavy atom. The second-order valence-electron chi connectivity index (χ2n) is 6.40. The fourth-order valence-electron chi connectivity index (χ4n) is 3.23. The maximum Gasteiger partial charge on any atom is 0.131 e. The van der Waals surface area contributed by atoms with E-state index < -0.39 is 0 Å². The van der Waals surface area contributed by atoms with Gasteiger partial charge in [-0.1, -0.05) is 48.5 Å². The van der Waals surface area contributed by atoms with Crippen LogP contribution >= 0.6 is 24.0 Å². The van der Waals surface area contributed by atoms with Crippen LogP contribution in [0.25, 0.3) is 22.2 Å². The molecular formula is C21H22IN5. The summed E-state index contributed by atoms with van der Waals surface area (Å²) in [6.45, 7) is 1.81. The molecule has 1 atom stereocenters. The first-order chi connectivity index (χ1) is 12.7. The number of fused-ring (bicyclic) bond motifs is 1. The maximum atomic E-state index is 5.89. The highest BCUT2D eigenvalue weighted by Gasteiger charge is 2.17. The van der Waals surface area contributed by atoms with E-state index in [1.165, 1.54) is 10.9 Å². The van der Waals surface area contributed by atoms with Gasteiger partial charge in [-0.05, 0) is 24.1 Å². The highest BCUT2D eigenvalue weighted by molar-refractivity contribution is 14.0. The van der Waals surface area contributed by atoms with Gasteiger partial charge >= 0.3 is 0 Å². The number of aromatic amines is 2. The Morgan fingerprint density at radius 1 is 1.11 bits per heavy atom. The molecule has 4 N–H and O–H groups in total. The number of nitrogens with zero attached hydrogens (tertiary/aromatic N) is 2. The SMILES string of the molecule is CC(N)=N[C@H](Cc1c[nH]c2ccccc12)c1ncc(-c2ccccc2)[nH]1.I. The van der Waals surface area contributed by atoms with Crippen molar-refractivity contribution >= 4 is 40.7 Å². The van der Waals surface area contributed by atoms with Gasteiger partial charge < -0.3 is 15.7 Å². The number of aliphatic imine (C=N–C) groups is 1. The van der Waals surface area contributed by atoms with Gasteiger partial charge in [-0.2, -0.15) is 0 Å². The molecule has 2 aromatic carbocycles. The van der Waals surface area contributed by atoms with Gasteiger partial charge in [0.05, 0.1) is 17.7 Å². The molecule has 0 radical (unpaired) electrons. The molecule has 2 aromatic heterocycles. The summed E-state index contributed by atoms with van der Waals surface area (Å²) in [6, 6.07) is 18.3. The number of amidine groups is 1. The average Bonchev–Trinajstić information content (AvgIpc) is 3.29. The summed E-state index contributed by atoms with van der Waals surface area (Å²) in [5.74, 6) is 1.37. The van der Waals surface area contributed by atoms with Crippen LogP contribution in [0, 0.1) is 0 Å². The third kappa shape index (κ3) is 4.21. The van der Waals surface area contributed by atoms with Crippen LogP contribution in [0.4, 0.5) is 0 Å². The van der Waals surface area contributed by atoms with Crippen LogP contribution in [0.2, 0.25) is 0 Å². The highest BCUT2D eigenvalue weighted by Crippen LogP contribution is 2.27. The van der Waals surface area contributed by atoms with Crippen molar-refractivity contribution in [2.24, 2.45) is 10.7 Å². The molecule has 27 heavy (non-hydrogen) atoms. The molecule has 0 bridgehead atoms. The van der Waals surface area contributed by atoms with Crippen molar-refractivity contribution in [1.29, 1.82) is 0 Å². The third-order valence-corrected chi connectivity index (χ3v) is 4.44. The summed E-state index contributed by atoms with van der Waals surface area (Å²) < 4.78 is 0. The van der Waals surface area contributed by atoms with Crippen LogP contribution in [0.1, 0.15) is 24.4 Å². The number of hydrogen-bond donors (Lipinski definition) is 3. The molecule has 0 aliphatic heterocycles. The Labute approximate surface area is 175 Å². The molecule has 0 saturated heterocycles. The first kappa shape index (κ1) is 19.2. The van der Waals surface area contributed by atoms with E-state index in [1.54, 1.807) is 0 Å². The van der Waals surface area contributed by atoms with Crippen molar-refractivity contribution < 1.29 is 0 Å². The Kier molecular flexibility index (Phi) is 5.95. The van der Waals surface area contributed by atoms with Crippen LogP contribution in [0.3, 0.4) is 0 Å². The lowest BCUT2D eigenvalue weighted by Crippen LogP contribution is -2.11.